The average Bonchev–Trinajstić information content (AvgIpc) is 3.21. The molecule has 1 aliphatic heterocycles. The van der Waals surface area contributed by atoms with Crippen LogP contribution in [0.1, 0.15) is 25.1 Å². The summed E-state index contributed by atoms with van der Waals surface area (Å²) in [7, 11) is 0. The summed E-state index contributed by atoms with van der Waals surface area (Å²) in [4.78, 5) is 16.4. The second-order valence-electron chi connectivity index (χ2n) is 5.70. The van der Waals surface area contributed by atoms with Crippen LogP contribution in [0, 0.1) is 5.92 Å². The lowest BCUT2D eigenvalue weighted by Crippen LogP contribution is -2.32. The average molecular weight is 315 g/mol. The fourth-order valence-corrected chi connectivity index (χ4v) is 2.61. The molecule has 122 valence electrons. The van der Waals surface area contributed by atoms with Crippen LogP contribution in [-0.4, -0.2) is 34.0 Å². The van der Waals surface area contributed by atoms with Crippen LogP contribution >= 0.6 is 0 Å². The van der Waals surface area contributed by atoms with Crippen LogP contribution in [0.15, 0.2) is 36.7 Å². The van der Waals surface area contributed by atoms with Gasteiger partial charge in [-0.25, -0.2) is 9.48 Å². The Morgan fingerprint density at radius 3 is 3.09 bits per heavy atom. The number of hydrogen-bond donors (Lipinski definition) is 2. The Kier molecular flexibility index (Phi) is 4.87. The number of anilines is 1. The van der Waals surface area contributed by atoms with Crippen molar-refractivity contribution in [2.45, 2.75) is 25.9 Å². The minimum absolute atomic E-state index is 0.171. The number of rotatable bonds is 5. The smallest absolute Gasteiger partial charge is 0.320 e. The van der Waals surface area contributed by atoms with Gasteiger partial charge in [0.05, 0.1) is 24.5 Å². The molecule has 7 heteroatoms. The summed E-state index contributed by atoms with van der Waals surface area (Å²) < 4.78 is 7.19. The number of nitrogens with one attached hydrogen (secondary N) is 2. The van der Waals surface area contributed by atoms with Gasteiger partial charge in [0.2, 0.25) is 0 Å². The lowest BCUT2D eigenvalue weighted by Gasteiger charge is -2.15. The van der Waals surface area contributed by atoms with E-state index in [2.05, 4.69) is 20.7 Å². The first kappa shape index (κ1) is 15.5. The summed E-state index contributed by atoms with van der Waals surface area (Å²) in [6, 6.07) is 6.98. The predicted octanol–water partition coefficient (Wildman–Crippen LogP) is 2.20. The van der Waals surface area contributed by atoms with E-state index < -0.39 is 0 Å². The van der Waals surface area contributed by atoms with Crippen LogP contribution in [0.3, 0.4) is 0 Å². The van der Waals surface area contributed by atoms with Crippen LogP contribution in [0.2, 0.25) is 0 Å². The number of hydrogen-bond acceptors (Lipinski definition) is 4. The zero-order valence-corrected chi connectivity index (χ0v) is 13.1. The van der Waals surface area contributed by atoms with Gasteiger partial charge in [0, 0.05) is 31.3 Å². The third-order valence-corrected chi connectivity index (χ3v) is 3.89. The Morgan fingerprint density at radius 2 is 2.35 bits per heavy atom. The molecule has 1 aliphatic rings. The number of amides is 2. The van der Waals surface area contributed by atoms with Gasteiger partial charge in [-0.05, 0) is 25.5 Å². The van der Waals surface area contributed by atoms with Crippen molar-refractivity contribution < 1.29 is 9.53 Å². The molecule has 0 radical (unpaired) electrons. The van der Waals surface area contributed by atoms with Gasteiger partial charge in [-0.15, -0.1) is 0 Å². The van der Waals surface area contributed by atoms with E-state index in [1.54, 1.807) is 18.5 Å². The molecule has 0 unspecified atom stereocenters. The van der Waals surface area contributed by atoms with Gasteiger partial charge >= 0.3 is 6.03 Å². The van der Waals surface area contributed by atoms with E-state index in [0.717, 1.165) is 31.9 Å². The van der Waals surface area contributed by atoms with Crippen molar-refractivity contribution >= 4 is 11.8 Å². The summed E-state index contributed by atoms with van der Waals surface area (Å²) in [6.07, 6.45) is 4.43. The molecule has 2 atom stereocenters. The van der Waals surface area contributed by atoms with Gasteiger partial charge in [-0.3, -0.25) is 10.3 Å². The van der Waals surface area contributed by atoms with Crippen molar-refractivity contribution in [1.29, 1.82) is 0 Å². The van der Waals surface area contributed by atoms with Gasteiger partial charge in [-0.2, -0.15) is 5.10 Å². The van der Waals surface area contributed by atoms with Gasteiger partial charge in [-0.1, -0.05) is 6.07 Å². The van der Waals surface area contributed by atoms with Gasteiger partial charge in [0.1, 0.15) is 5.82 Å². The number of carbonyl (C=O) groups is 1. The normalized spacial score (nSPS) is 18.6. The van der Waals surface area contributed by atoms with Crippen LogP contribution in [-0.2, 0) is 11.3 Å². The van der Waals surface area contributed by atoms with E-state index in [0.29, 0.717) is 11.7 Å². The first-order chi connectivity index (χ1) is 11.2. The summed E-state index contributed by atoms with van der Waals surface area (Å²) in [5, 5.41) is 10.0. The molecule has 2 N–H and O–H groups in total. The summed E-state index contributed by atoms with van der Waals surface area (Å²) >= 11 is 0. The van der Waals surface area contributed by atoms with Crippen molar-refractivity contribution in [3.05, 3.63) is 42.4 Å². The largest absolute Gasteiger partial charge is 0.381 e. The van der Waals surface area contributed by atoms with E-state index in [1.165, 1.54) is 0 Å². The number of aromatic nitrogens is 3. The number of ether oxygens (including phenoxy) is 1. The maximum absolute atomic E-state index is 12.2. The molecule has 23 heavy (non-hydrogen) atoms. The Labute approximate surface area is 135 Å². The van der Waals surface area contributed by atoms with Crippen LogP contribution in [0.5, 0.6) is 0 Å². The molecule has 2 aromatic heterocycles. The quantitative estimate of drug-likeness (QED) is 0.886. The van der Waals surface area contributed by atoms with E-state index in [-0.39, 0.29) is 12.1 Å². The van der Waals surface area contributed by atoms with E-state index in [1.807, 2.05) is 29.8 Å². The van der Waals surface area contributed by atoms with Crippen molar-refractivity contribution in [2.24, 2.45) is 5.92 Å². The number of carbonyl (C=O) groups excluding carboxylic acids is 1. The maximum atomic E-state index is 12.2. The predicted molar refractivity (Wildman–Crippen MR) is 86.0 cm³/mol. The number of urea groups is 1. The number of nitrogens with zero attached hydrogens (tertiary/aromatic N) is 3. The molecular weight excluding hydrogens is 294 g/mol. The van der Waals surface area contributed by atoms with Crippen molar-refractivity contribution in [2.75, 3.05) is 18.5 Å². The monoisotopic (exact) mass is 315 g/mol. The van der Waals surface area contributed by atoms with Crippen LogP contribution < -0.4 is 10.6 Å². The fourth-order valence-electron chi connectivity index (χ4n) is 2.61. The summed E-state index contributed by atoms with van der Waals surface area (Å²) in [5.74, 6) is 1.13. The molecule has 1 saturated heterocycles. The van der Waals surface area contributed by atoms with Crippen molar-refractivity contribution in [1.82, 2.24) is 20.1 Å². The SMILES string of the molecule is C[C@H](NC(=O)Nc1ccnn1C[C@@H]1CCOC1)c1ccccn1. The minimum Gasteiger partial charge on any atom is -0.381 e. The Balaban J connectivity index is 1.56. The maximum Gasteiger partial charge on any atom is 0.320 e. The van der Waals surface area contributed by atoms with E-state index in [4.69, 9.17) is 4.74 Å². The van der Waals surface area contributed by atoms with Crippen molar-refractivity contribution in [3.63, 3.8) is 0 Å². The highest BCUT2D eigenvalue weighted by molar-refractivity contribution is 5.88. The first-order valence-corrected chi connectivity index (χ1v) is 7.80. The topological polar surface area (TPSA) is 81.1 Å². The highest BCUT2D eigenvalue weighted by atomic mass is 16.5. The molecule has 3 heterocycles. The molecule has 1 fully saturated rings. The molecule has 0 saturated carbocycles. The number of pyridine rings is 1. The second-order valence-corrected chi connectivity index (χ2v) is 5.70. The standard InChI is InChI=1S/C16H21N5O2/c1-12(14-4-2-3-7-17-14)19-16(22)20-15-5-8-18-21(15)10-13-6-9-23-11-13/h2-5,7-8,12-13H,6,9-11H2,1H3,(H2,19,20,22)/t12-,13-/m0/s1. The lowest BCUT2D eigenvalue weighted by molar-refractivity contribution is 0.181. The molecule has 2 aromatic rings. The van der Waals surface area contributed by atoms with Gasteiger partial charge in [0.25, 0.3) is 0 Å². The Hall–Kier alpha value is -2.41. The molecule has 3 rings (SSSR count). The molecule has 0 bridgehead atoms. The van der Waals surface area contributed by atoms with Crippen molar-refractivity contribution in [3.8, 4) is 0 Å². The van der Waals surface area contributed by atoms with Crippen LogP contribution in [0.4, 0.5) is 10.6 Å². The first-order valence-electron chi connectivity index (χ1n) is 7.80. The van der Waals surface area contributed by atoms with Gasteiger partial charge in [0.15, 0.2) is 0 Å². The molecule has 0 aromatic carbocycles. The van der Waals surface area contributed by atoms with Crippen LogP contribution in [0.25, 0.3) is 0 Å². The third kappa shape index (κ3) is 4.07. The highest BCUT2D eigenvalue weighted by Crippen LogP contribution is 2.17. The molecule has 7 nitrogen and oxygen atoms in total. The minimum atomic E-state index is -0.271. The van der Waals surface area contributed by atoms with Gasteiger partial charge < -0.3 is 10.1 Å². The molecule has 2 amide bonds. The summed E-state index contributed by atoms with van der Waals surface area (Å²) in [6.45, 7) is 4.20. The summed E-state index contributed by atoms with van der Waals surface area (Å²) in [5.41, 5.74) is 0.819. The molecule has 0 spiro atoms. The Morgan fingerprint density at radius 1 is 1.43 bits per heavy atom. The van der Waals surface area contributed by atoms with E-state index >= 15 is 0 Å². The zero-order chi connectivity index (χ0) is 16.1. The fraction of sp³-hybridized carbons (Fsp3) is 0.438. The molecular formula is C16H21N5O2. The lowest BCUT2D eigenvalue weighted by atomic mass is 10.1. The molecule has 0 aliphatic carbocycles. The Bertz CT molecular complexity index is 637. The second kappa shape index (κ2) is 7.23. The third-order valence-electron chi connectivity index (χ3n) is 3.89. The zero-order valence-electron chi connectivity index (χ0n) is 13.1. The van der Waals surface area contributed by atoms with E-state index in [9.17, 15) is 4.79 Å². The highest BCUT2D eigenvalue weighted by Gasteiger charge is 2.18.